The van der Waals surface area contributed by atoms with E-state index in [1.54, 1.807) is 0 Å². The van der Waals surface area contributed by atoms with E-state index < -0.39 is 17.7 Å². The fraction of sp³-hybridized carbons (Fsp3) is 0.333. The average molecular weight is 431 g/mol. The number of anilines is 1. The molecule has 0 unspecified atom stereocenters. The number of carbonyl (C=O) groups is 2. The Hall–Kier alpha value is -3.34. The summed E-state index contributed by atoms with van der Waals surface area (Å²) < 4.78 is 5.42. The molecule has 0 radical (unpaired) electrons. The number of nitrogens with zero attached hydrogens (tertiary/aromatic N) is 1. The highest BCUT2D eigenvalue weighted by molar-refractivity contribution is 6.00. The Morgan fingerprint density at radius 1 is 1.06 bits per heavy atom. The van der Waals surface area contributed by atoms with E-state index in [1.165, 1.54) is 0 Å². The highest BCUT2D eigenvalue weighted by atomic mass is 16.6. The van der Waals surface area contributed by atoms with Crippen LogP contribution in [0.5, 0.6) is 0 Å². The van der Waals surface area contributed by atoms with Crippen molar-refractivity contribution in [3.05, 3.63) is 77.4 Å². The van der Waals surface area contributed by atoms with Gasteiger partial charge in [0.05, 0.1) is 6.54 Å². The number of alkyl carbamates (subject to hydrolysis) is 1. The number of fused-ring (bicyclic) bond motifs is 2. The largest absolute Gasteiger partial charge is 0.444 e. The third kappa shape index (κ3) is 4.62. The Balaban J connectivity index is 1.71. The zero-order chi connectivity index (χ0) is 22.9. The summed E-state index contributed by atoms with van der Waals surface area (Å²) in [5.74, 6) is -0.117. The first-order valence-electron chi connectivity index (χ1n) is 11.1. The summed E-state index contributed by atoms with van der Waals surface area (Å²) in [6.07, 6.45) is 0.663. The molecule has 32 heavy (non-hydrogen) atoms. The summed E-state index contributed by atoms with van der Waals surface area (Å²) in [7, 11) is 0. The third-order valence-corrected chi connectivity index (χ3v) is 5.83. The fourth-order valence-electron chi connectivity index (χ4n) is 4.28. The number of nitrogens with one attached hydrogen (secondary N) is 1. The van der Waals surface area contributed by atoms with Crippen LogP contribution in [0.15, 0.2) is 60.7 Å². The van der Waals surface area contributed by atoms with Crippen molar-refractivity contribution < 1.29 is 14.3 Å². The van der Waals surface area contributed by atoms with Crippen LogP contribution in [0.2, 0.25) is 0 Å². The summed E-state index contributed by atoms with van der Waals surface area (Å²) in [4.78, 5) is 28.0. The first-order chi connectivity index (χ1) is 15.2. The van der Waals surface area contributed by atoms with Crippen molar-refractivity contribution in [2.45, 2.75) is 58.7 Å². The topological polar surface area (TPSA) is 58.6 Å². The van der Waals surface area contributed by atoms with Crippen molar-refractivity contribution in [3.8, 4) is 0 Å². The number of hydrogen-bond acceptors (Lipinski definition) is 3. The molecule has 5 heteroatoms. The van der Waals surface area contributed by atoms with Crippen molar-refractivity contribution in [1.29, 1.82) is 0 Å². The fourth-order valence-corrected chi connectivity index (χ4v) is 4.28. The Kier molecular flexibility index (Phi) is 5.92. The van der Waals surface area contributed by atoms with Crippen LogP contribution in [0.4, 0.5) is 10.5 Å². The second kappa shape index (κ2) is 8.65. The molecule has 0 saturated heterocycles. The molecule has 0 spiro atoms. The lowest BCUT2D eigenvalue weighted by Crippen LogP contribution is -2.49. The van der Waals surface area contributed by atoms with Gasteiger partial charge in [0.2, 0.25) is 5.91 Å². The predicted octanol–water partition coefficient (Wildman–Crippen LogP) is 5.52. The molecular formula is C27H30N2O3. The van der Waals surface area contributed by atoms with E-state index in [-0.39, 0.29) is 5.91 Å². The van der Waals surface area contributed by atoms with Gasteiger partial charge in [-0.2, -0.15) is 0 Å². The smallest absolute Gasteiger partial charge is 0.408 e. The van der Waals surface area contributed by atoms with Crippen LogP contribution in [0.25, 0.3) is 10.8 Å². The van der Waals surface area contributed by atoms with Crippen molar-refractivity contribution in [2.24, 2.45) is 0 Å². The number of carbonyl (C=O) groups excluding carboxylic acids is 2. The van der Waals surface area contributed by atoms with Gasteiger partial charge in [0, 0.05) is 5.69 Å². The van der Waals surface area contributed by atoms with E-state index in [1.807, 2.05) is 56.0 Å². The van der Waals surface area contributed by atoms with Gasteiger partial charge < -0.3 is 15.0 Å². The quantitative estimate of drug-likeness (QED) is 0.595. The second-order valence-electron chi connectivity index (χ2n) is 9.37. The molecular weight excluding hydrogens is 400 g/mol. The van der Waals surface area contributed by atoms with Crippen LogP contribution >= 0.6 is 0 Å². The standard InChI is InChI=1S/C27H30N2O3/c1-18-13-14-19-9-5-7-11-21(19)22(18)17-29-24-12-8-6-10-20(24)15-16-23(25(29)30)28-26(31)32-27(2,3)4/h5-14,23H,15-17H2,1-4H3,(H,28,31)/t23-/m0/s1. The molecule has 0 aromatic heterocycles. The molecule has 1 aliphatic heterocycles. The molecule has 4 rings (SSSR count). The van der Waals surface area contributed by atoms with Crippen molar-refractivity contribution in [1.82, 2.24) is 5.32 Å². The Bertz CT molecular complexity index is 1160. The van der Waals surface area contributed by atoms with E-state index in [0.717, 1.165) is 33.2 Å². The van der Waals surface area contributed by atoms with Gasteiger partial charge in [-0.3, -0.25) is 4.79 Å². The minimum atomic E-state index is -0.646. The van der Waals surface area contributed by atoms with E-state index in [9.17, 15) is 9.59 Å². The zero-order valence-corrected chi connectivity index (χ0v) is 19.1. The maximum Gasteiger partial charge on any atom is 0.408 e. The van der Waals surface area contributed by atoms with Crippen molar-refractivity contribution in [2.75, 3.05) is 4.90 Å². The van der Waals surface area contributed by atoms with Gasteiger partial charge in [-0.05, 0) is 74.1 Å². The summed E-state index contributed by atoms with van der Waals surface area (Å²) in [6, 6.07) is 19.8. The first-order valence-corrected chi connectivity index (χ1v) is 11.1. The lowest BCUT2D eigenvalue weighted by atomic mass is 9.99. The van der Waals surface area contributed by atoms with Gasteiger partial charge >= 0.3 is 6.09 Å². The zero-order valence-electron chi connectivity index (χ0n) is 19.1. The molecule has 5 nitrogen and oxygen atoms in total. The SMILES string of the molecule is Cc1ccc2ccccc2c1CN1C(=O)[C@@H](NC(=O)OC(C)(C)C)CCc2ccccc21. The van der Waals surface area contributed by atoms with Crippen LogP contribution in [0, 0.1) is 6.92 Å². The molecule has 1 atom stereocenters. The molecule has 166 valence electrons. The molecule has 0 saturated carbocycles. The highest BCUT2D eigenvalue weighted by Gasteiger charge is 2.33. The van der Waals surface area contributed by atoms with Gasteiger partial charge in [-0.25, -0.2) is 4.79 Å². The van der Waals surface area contributed by atoms with Gasteiger partial charge in [-0.1, -0.05) is 54.6 Å². The molecule has 0 fully saturated rings. The lowest BCUT2D eigenvalue weighted by molar-refractivity contribution is -0.120. The average Bonchev–Trinajstić information content (AvgIpc) is 2.86. The lowest BCUT2D eigenvalue weighted by Gasteiger charge is -2.28. The van der Waals surface area contributed by atoms with E-state index >= 15 is 0 Å². The molecule has 3 aromatic carbocycles. The number of rotatable bonds is 3. The van der Waals surface area contributed by atoms with Gasteiger partial charge in [0.1, 0.15) is 11.6 Å². The second-order valence-corrected chi connectivity index (χ2v) is 9.37. The number of hydrogen-bond donors (Lipinski definition) is 1. The van der Waals surface area contributed by atoms with Gasteiger partial charge in [-0.15, -0.1) is 0 Å². The number of para-hydroxylation sites is 1. The third-order valence-electron chi connectivity index (χ3n) is 5.83. The predicted molar refractivity (Wildman–Crippen MR) is 128 cm³/mol. The van der Waals surface area contributed by atoms with Crippen LogP contribution in [-0.4, -0.2) is 23.6 Å². The van der Waals surface area contributed by atoms with E-state index in [2.05, 4.69) is 42.6 Å². The van der Waals surface area contributed by atoms with Gasteiger partial charge in [0.25, 0.3) is 0 Å². The summed E-state index contributed by atoms with van der Waals surface area (Å²) in [6.45, 7) is 7.95. The summed E-state index contributed by atoms with van der Waals surface area (Å²) in [5, 5.41) is 5.10. The molecule has 0 bridgehead atoms. The molecule has 1 N–H and O–H groups in total. The number of benzene rings is 3. The minimum absolute atomic E-state index is 0.117. The Morgan fingerprint density at radius 2 is 1.78 bits per heavy atom. The Labute approximate surface area is 189 Å². The van der Waals surface area contributed by atoms with E-state index in [0.29, 0.717) is 19.4 Å². The first kappa shape index (κ1) is 21.9. The number of amides is 2. The monoisotopic (exact) mass is 430 g/mol. The minimum Gasteiger partial charge on any atom is -0.444 e. The number of ether oxygens (including phenoxy) is 1. The molecule has 1 heterocycles. The van der Waals surface area contributed by atoms with Crippen molar-refractivity contribution >= 4 is 28.5 Å². The van der Waals surface area contributed by atoms with Crippen molar-refractivity contribution in [3.63, 3.8) is 0 Å². The van der Waals surface area contributed by atoms with Crippen LogP contribution in [0.3, 0.4) is 0 Å². The number of aryl methyl sites for hydroxylation is 2. The highest BCUT2D eigenvalue weighted by Crippen LogP contribution is 2.31. The van der Waals surface area contributed by atoms with Crippen LogP contribution < -0.4 is 10.2 Å². The summed E-state index contributed by atoms with van der Waals surface area (Å²) >= 11 is 0. The Morgan fingerprint density at radius 3 is 2.56 bits per heavy atom. The maximum atomic E-state index is 13.7. The van der Waals surface area contributed by atoms with Crippen LogP contribution in [0.1, 0.15) is 43.9 Å². The van der Waals surface area contributed by atoms with Gasteiger partial charge in [0.15, 0.2) is 0 Å². The van der Waals surface area contributed by atoms with E-state index in [4.69, 9.17) is 4.74 Å². The molecule has 3 aromatic rings. The summed E-state index contributed by atoms with van der Waals surface area (Å²) in [5.41, 5.74) is 3.63. The maximum absolute atomic E-state index is 13.7. The van der Waals surface area contributed by atoms with Crippen LogP contribution in [-0.2, 0) is 22.5 Å². The molecule has 0 aliphatic carbocycles. The molecule has 2 amide bonds. The normalized spacial score (nSPS) is 16.4. The molecule has 1 aliphatic rings.